The van der Waals surface area contributed by atoms with E-state index >= 15 is 0 Å². The molecule has 0 saturated heterocycles. The summed E-state index contributed by atoms with van der Waals surface area (Å²) in [7, 11) is 2.69. The van der Waals surface area contributed by atoms with E-state index < -0.39 is 24.1 Å². The molecule has 29 heavy (non-hydrogen) atoms. The van der Waals surface area contributed by atoms with Crippen LogP contribution in [0.2, 0.25) is 0 Å². The molecular formula is C21H24O8. The van der Waals surface area contributed by atoms with E-state index in [0.717, 1.165) is 0 Å². The predicted octanol–water partition coefficient (Wildman–Crippen LogP) is 3.08. The van der Waals surface area contributed by atoms with Gasteiger partial charge in [0.1, 0.15) is 11.5 Å². The quantitative estimate of drug-likeness (QED) is 0.519. The molecule has 0 radical (unpaired) electrons. The summed E-state index contributed by atoms with van der Waals surface area (Å²) < 4.78 is 21.1. The topological polar surface area (TPSA) is 112 Å². The Labute approximate surface area is 168 Å². The molecule has 156 valence electrons. The molecule has 2 unspecified atom stereocenters. The zero-order chi connectivity index (χ0) is 21.2. The first kappa shape index (κ1) is 22.2. The average molecular weight is 404 g/mol. The monoisotopic (exact) mass is 404 g/mol. The maximum Gasteiger partial charge on any atom is 0.337 e. The van der Waals surface area contributed by atoms with Crippen LogP contribution in [0.1, 0.15) is 29.8 Å². The van der Waals surface area contributed by atoms with Crippen molar-refractivity contribution in [3.63, 3.8) is 0 Å². The van der Waals surface area contributed by atoms with Gasteiger partial charge in [0, 0.05) is 20.6 Å². The summed E-state index contributed by atoms with van der Waals surface area (Å²) in [5, 5.41) is 18.1. The molecule has 8 nitrogen and oxygen atoms in total. The van der Waals surface area contributed by atoms with Gasteiger partial charge in [0.15, 0.2) is 12.2 Å². The average Bonchev–Trinajstić information content (AvgIpc) is 2.70. The molecule has 2 aromatic rings. The highest BCUT2D eigenvalue weighted by molar-refractivity contribution is 5.74. The Morgan fingerprint density at radius 1 is 0.724 bits per heavy atom. The lowest BCUT2D eigenvalue weighted by atomic mass is 10.1. The molecule has 2 atom stereocenters. The van der Waals surface area contributed by atoms with Gasteiger partial charge in [0.05, 0.1) is 13.2 Å². The van der Waals surface area contributed by atoms with E-state index in [1.165, 1.54) is 14.2 Å². The van der Waals surface area contributed by atoms with Gasteiger partial charge >= 0.3 is 11.9 Å². The number of carboxylic acid groups (broad SMARTS) is 2. The molecule has 2 N–H and O–H groups in total. The largest absolute Gasteiger partial charge is 0.493 e. The van der Waals surface area contributed by atoms with E-state index in [0.29, 0.717) is 42.3 Å². The Morgan fingerprint density at radius 3 is 1.34 bits per heavy atom. The van der Waals surface area contributed by atoms with Crippen molar-refractivity contribution in [2.75, 3.05) is 27.4 Å². The molecule has 2 aromatic carbocycles. The van der Waals surface area contributed by atoms with Crippen LogP contribution >= 0.6 is 0 Å². The molecule has 0 fully saturated rings. The fourth-order valence-corrected chi connectivity index (χ4v) is 2.68. The molecule has 0 bridgehead atoms. The fraction of sp³-hybridized carbons (Fsp3) is 0.333. The molecule has 2 rings (SSSR count). The fourth-order valence-electron chi connectivity index (χ4n) is 2.68. The van der Waals surface area contributed by atoms with Gasteiger partial charge in [-0.1, -0.05) is 24.3 Å². The van der Waals surface area contributed by atoms with E-state index in [4.69, 9.17) is 29.2 Å². The normalized spacial score (nSPS) is 12.8. The third-order valence-corrected chi connectivity index (χ3v) is 4.11. The minimum absolute atomic E-state index is 0.425. The van der Waals surface area contributed by atoms with Crippen molar-refractivity contribution in [1.29, 1.82) is 0 Å². The number of benzene rings is 2. The lowest BCUT2D eigenvalue weighted by Crippen LogP contribution is -2.13. The molecule has 0 aliphatic heterocycles. The Morgan fingerprint density at radius 2 is 1.07 bits per heavy atom. The maximum absolute atomic E-state index is 11.1. The van der Waals surface area contributed by atoms with E-state index in [1.54, 1.807) is 48.5 Å². The second-order valence-electron chi connectivity index (χ2n) is 6.10. The van der Waals surface area contributed by atoms with Crippen molar-refractivity contribution in [3.05, 3.63) is 59.7 Å². The van der Waals surface area contributed by atoms with Crippen LogP contribution in [-0.4, -0.2) is 49.6 Å². The molecule has 8 heteroatoms. The highest BCUT2D eigenvalue weighted by atomic mass is 16.5. The van der Waals surface area contributed by atoms with Gasteiger partial charge in [-0.3, -0.25) is 0 Å². The highest BCUT2D eigenvalue weighted by Crippen LogP contribution is 2.22. The summed E-state index contributed by atoms with van der Waals surface area (Å²) in [5.41, 5.74) is 1.08. The highest BCUT2D eigenvalue weighted by Gasteiger charge is 2.19. The molecule has 0 amide bonds. The van der Waals surface area contributed by atoms with E-state index in [1.807, 2.05) is 0 Å². The standard InChI is InChI=1S/C21H24O8/c1-26-18(20(22)23)14-4-8-16(9-5-14)28-12-3-13-29-17-10-6-15(7-11-17)19(27-2)21(24)25/h4-11,18-19H,3,12-13H2,1-2H3,(H,22,23)(H,24,25). The Bertz CT molecular complexity index is 718. The molecule has 0 aromatic heterocycles. The van der Waals surface area contributed by atoms with Gasteiger partial charge in [0.2, 0.25) is 0 Å². The maximum atomic E-state index is 11.1. The first-order valence-electron chi connectivity index (χ1n) is 8.93. The van der Waals surface area contributed by atoms with Crippen LogP contribution in [-0.2, 0) is 19.1 Å². The van der Waals surface area contributed by atoms with Crippen LogP contribution in [0.25, 0.3) is 0 Å². The molecular weight excluding hydrogens is 380 g/mol. The van der Waals surface area contributed by atoms with Crippen molar-refractivity contribution in [1.82, 2.24) is 0 Å². The van der Waals surface area contributed by atoms with Gasteiger partial charge in [-0.25, -0.2) is 9.59 Å². The number of aliphatic carboxylic acids is 2. The third-order valence-electron chi connectivity index (χ3n) is 4.11. The lowest BCUT2D eigenvalue weighted by molar-refractivity contribution is -0.149. The third kappa shape index (κ3) is 6.48. The van der Waals surface area contributed by atoms with Crippen LogP contribution in [0.5, 0.6) is 11.5 Å². The zero-order valence-electron chi connectivity index (χ0n) is 16.2. The van der Waals surface area contributed by atoms with Crippen molar-refractivity contribution < 1.29 is 38.7 Å². The molecule has 0 spiro atoms. The number of rotatable bonds is 12. The molecule has 0 aliphatic rings. The number of carbonyl (C=O) groups is 2. The first-order valence-corrected chi connectivity index (χ1v) is 8.93. The van der Waals surface area contributed by atoms with Crippen molar-refractivity contribution >= 4 is 11.9 Å². The predicted molar refractivity (Wildman–Crippen MR) is 103 cm³/mol. The summed E-state index contributed by atoms with van der Waals surface area (Å²) in [6.45, 7) is 0.851. The van der Waals surface area contributed by atoms with Gasteiger partial charge in [-0.15, -0.1) is 0 Å². The van der Waals surface area contributed by atoms with Gasteiger partial charge < -0.3 is 29.2 Å². The number of methoxy groups -OCH3 is 2. The molecule has 0 heterocycles. The first-order chi connectivity index (χ1) is 14.0. The minimum Gasteiger partial charge on any atom is -0.493 e. The molecule has 0 saturated carbocycles. The number of hydrogen-bond donors (Lipinski definition) is 2. The Hall–Kier alpha value is -3.10. The number of ether oxygens (including phenoxy) is 4. The summed E-state index contributed by atoms with van der Waals surface area (Å²) in [4.78, 5) is 22.1. The van der Waals surface area contributed by atoms with Crippen LogP contribution in [0.4, 0.5) is 0 Å². The van der Waals surface area contributed by atoms with Crippen LogP contribution in [0.3, 0.4) is 0 Å². The van der Waals surface area contributed by atoms with E-state index in [9.17, 15) is 9.59 Å². The van der Waals surface area contributed by atoms with Crippen molar-refractivity contribution in [2.45, 2.75) is 18.6 Å². The van der Waals surface area contributed by atoms with Crippen LogP contribution < -0.4 is 9.47 Å². The smallest absolute Gasteiger partial charge is 0.337 e. The van der Waals surface area contributed by atoms with E-state index in [-0.39, 0.29) is 0 Å². The van der Waals surface area contributed by atoms with Gasteiger partial charge in [0.25, 0.3) is 0 Å². The summed E-state index contributed by atoms with van der Waals surface area (Å²) >= 11 is 0. The van der Waals surface area contributed by atoms with Crippen LogP contribution in [0.15, 0.2) is 48.5 Å². The number of hydrogen-bond acceptors (Lipinski definition) is 6. The summed E-state index contributed by atoms with van der Waals surface area (Å²) in [5.74, 6) is -0.852. The van der Waals surface area contributed by atoms with Crippen molar-refractivity contribution in [2.24, 2.45) is 0 Å². The Kier molecular flexibility index (Phi) is 8.45. The SMILES string of the molecule is COC(C(=O)O)c1ccc(OCCCOc2ccc(C(OC)C(=O)O)cc2)cc1. The Balaban J connectivity index is 1.74. The van der Waals surface area contributed by atoms with Gasteiger partial charge in [-0.2, -0.15) is 0 Å². The lowest BCUT2D eigenvalue weighted by Gasteiger charge is -2.13. The van der Waals surface area contributed by atoms with Crippen LogP contribution in [0, 0.1) is 0 Å². The second kappa shape index (κ2) is 11.0. The van der Waals surface area contributed by atoms with E-state index in [2.05, 4.69) is 0 Å². The second-order valence-corrected chi connectivity index (χ2v) is 6.10. The summed E-state index contributed by atoms with van der Waals surface area (Å²) in [6, 6.07) is 13.4. The van der Waals surface area contributed by atoms with Crippen molar-refractivity contribution in [3.8, 4) is 11.5 Å². The van der Waals surface area contributed by atoms with Gasteiger partial charge in [-0.05, 0) is 35.4 Å². The molecule has 0 aliphatic carbocycles. The zero-order valence-corrected chi connectivity index (χ0v) is 16.2. The minimum atomic E-state index is -1.05. The summed E-state index contributed by atoms with van der Waals surface area (Å²) in [6.07, 6.45) is -1.37. The number of carboxylic acids is 2.